The predicted molar refractivity (Wildman–Crippen MR) is 78.6 cm³/mol. The number of hydrogen-bond donors (Lipinski definition) is 2. The van der Waals surface area contributed by atoms with Crippen LogP contribution in [-0.2, 0) is 14.4 Å². The summed E-state index contributed by atoms with van der Waals surface area (Å²) in [5, 5.41) is 0. The summed E-state index contributed by atoms with van der Waals surface area (Å²) < 4.78 is 0. The summed E-state index contributed by atoms with van der Waals surface area (Å²) in [6, 6.07) is 0. The molecule has 1 aliphatic rings. The first kappa shape index (κ1) is 18.4. The van der Waals surface area contributed by atoms with Crippen molar-refractivity contribution in [2.45, 2.75) is 59.3 Å². The zero-order valence-electron chi connectivity index (χ0n) is 12.7. The third-order valence-electron chi connectivity index (χ3n) is 3.26. The van der Waals surface area contributed by atoms with E-state index in [1.54, 1.807) is 0 Å². The minimum Gasteiger partial charge on any atom is -0.394 e. The van der Waals surface area contributed by atoms with Crippen molar-refractivity contribution in [1.29, 1.82) is 0 Å². The summed E-state index contributed by atoms with van der Waals surface area (Å²) in [6.45, 7) is 5.88. The summed E-state index contributed by atoms with van der Waals surface area (Å²) in [4.78, 5) is 35.1. The van der Waals surface area contributed by atoms with E-state index in [0.29, 0.717) is 25.7 Å². The van der Waals surface area contributed by atoms with Crippen LogP contribution in [0.25, 0.3) is 0 Å². The van der Waals surface area contributed by atoms with Gasteiger partial charge in [-0.25, -0.2) is 0 Å². The number of nitrogens with two attached hydrogens (primary N) is 2. The molecular formula is C15H26N2O3. The van der Waals surface area contributed by atoms with Gasteiger partial charge in [-0.2, -0.15) is 0 Å². The molecule has 0 bridgehead atoms. The van der Waals surface area contributed by atoms with E-state index < -0.39 is 11.8 Å². The van der Waals surface area contributed by atoms with E-state index in [2.05, 4.69) is 0 Å². The monoisotopic (exact) mass is 282 g/mol. The van der Waals surface area contributed by atoms with Gasteiger partial charge in [-0.1, -0.05) is 33.6 Å². The van der Waals surface area contributed by atoms with E-state index in [0.717, 1.165) is 12.8 Å². The summed E-state index contributed by atoms with van der Waals surface area (Å²) >= 11 is 0. The van der Waals surface area contributed by atoms with Crippen molar-refractivity contribution in [2.75, 3.05) is 0 Å². The van der Waals surface area contributed by atoms with Gasteiger partial charge in [0.15, 0.2) is 5.78 Å². The Balaban J connectivity index is 0.00000172. The molecule has 0 aromatic heterocycles. The maximum absolute atomic E-state index is 12.3. The molecule has 0 unspecified atom stereocenters. The molecule has 0 spiro atoms. The summed E-state index contributed by atoms with van der Waals surface area (Å²) in [7, 11) is 0. The molecule has 0 radical (unpaired) electrons. The van der Waals surface area contributed by atoms with Crippen LogP contribution in [0, 0.1) is 5.92 Å². The number of hydrogen-bond acceptors (Lipinski definition) is 4. The molecule has 1 fully saturated rings. The second kappa shape index (κ2) is 9.28. The van der Waals surface area contributed by atoms with E-state index in [-0.39, 0.29) is 22.8 Å². The number of carbonyl (C=O) groups excluding carboxylic acids is 3. The summed E-state index contributed by atoms with van der Waals surface area (Å²) in [5.74, 6) is -1.77. The molecule has 114 valence electrons. The minimum absolute atomic E-state index is 0.0443. The molecule has 0 aromatic carbocycles. The lowest BCUT2D eigenvalue weighted by Crippen LogP contribution is -2.32. The molecule has 1 rings (SSSR count). The Bertz CT molecular complexity index is 400. The second-order valence-corrected chi connectivity index (χ2v) is 4.64. The van der Waals surface area contributed by atoms with Gasteiger partial charge in [0, 0.05) is 12.0 Å². The first-order valence-electron chi connectivity index (χ1n) is 7.34. The number of ketones is 2. The first-order chi connectivity index (χ1) is 9.49. The SMILES string of the molecule is CC.CCC/C(C(=O)[C@H]1CCCCC1=O)=C(/N)C(N)=O. The van der Waals surface area contributed by atoms with E-state index in [1.165, 1.54) is 0 Å². The molecule has 0 aliphatic heterocycles. The van der Waals surface area contributed by atoms with E-state index in [9.17, 15) is 14.4 Å². The number of primary amides is 1. The maximum atomic E-state index is 12.3. The van der Waals surface area contributed by atoms with Crippen LogP contribution in [0.2, 0.25) is 0 Å². The Morgan fingerprint density at radius 2 is 1.80 bits per heavy atom. The average molecular weight is 282 g/mol. The highest BCUT2D eigenvalue weighted by atomic mass is 16.2. The smallest absolute Gasteiger partial charge is 0.264 e. The van der Waals surface area contributed by atoms with Crippen molar-refractivity contribution in [1.82, 2.24) is 0 Å². The molecule has 5 heteroatoms. The molecule has 0 heterocycles. The van der Waals surface area contributed by atoms with Crippen LogP contribution < -0.4 is 11.5 Å². The summed E-state index contributed by atoms with van der Waals surface area (Å²) in [5.41, 5.74) is 10.7. The molecule has 20 heavy (non-hydrogen) atoms. The largest absolute Gasteiger partial charge is 0.394 e. The molecular weight excluding hydrogens is 256 g/mol. The predicted octanol–water partition coefficient (Wildman–Crippen LogP) is 1.84. The highest BCUT2D eigenvalue weighted by Crippen LogP contribution is 2.26. The van der Waals surface area contributed by atoms with Crippen molar-refractivity contribution in [3.63, 3.8) is 0 Å². The lowest BCUT2D eigenvalue weighted by atomic mass is 9.81. The highest BCUT2D eigenvalue weighted by molar-refractivity contribution is 6.13. The van der Waals surface area contributed by atoms with Gasteiger partial charge in [0.1, 0.15) is 11.5 Å². The van der Waals surface area contributed by atoms with Crippen molar-refractivity contribution in [2.24, 2.45) is 17.4 Å². The zero-order valence-corrected chi connectivity index (χ0v) is 12.7. The third-order valence-corrected chi connectivity index (χ3v) is 3.26. The zero-order chi connectivity index (χ0) is 15.7. The molecule has 5 nitrogen and oxygen atoms in total. The second-order valence-electron chi connectivity index (χ2n) is 4.64. The van der Waals surface area contributed by atoms with Crippen molar-refractivity contribution >= 4 is 17.5 Å². The maximum Gasteiger partial charge on any atom is 0.264 e. The Labute approximate surface area is 120 Å². The molecule has 4 N–H and O–H groups in total. The van der Waals surface area contributed by atoms with Crippen LogP contribution in [0.4, 0.5) is 0 Å². The highest BCUT2D eigenvalue weighted by Gasteiger charge is 2.32. The quantitative estimate of drug-likeness (QED) is 0.593. The van der Waals surface area contributed by atoms with Crippen molar-refractivity contribution in [3.05, 3.63) is 11.3 Å². The van der Waals surface area contributed by atoms with Gasteiger partial charge in [0.25, 0.3) is 5.91 Å². The summed E-state index contributed by atoms with van der Waals surface area (Å²) in [6.07, 6.45) is 3.75. The standard InChI is InChI=1S/C13H20N2O3.C2H6/c1-2-5-9(11(14)13(15)18)12(17)8-6-3-4-7-10(8)16;1-2/h8H,2-7,14H2,1H3,(H2,15,18);1-2H3/b11-9-;/t8-;/m0./s1. The molecule has 0 aromatic rings. The van der Waals surface area contributed by atoms with Crippen LogP contribution in [0.15, 0.2) is 11.3 Å². The molecule has 1 amide bonds. The fraction of sp³-hybridized carbons (Fsp3) is 0.667. The Kier molecular flexibility index (Phi) is 8.52. The van der Waals surface area contributed by atoms with Crippen LogP contribution in [0.5, 0.6) is 0 Å². The van der Waals surface area contributed by atoms with Crippen molar-refractivity contribution < 1.29 is 14.4 Å². The molecule has 1 saturated carbocycles. The number of amides is 1. The van der Waals surface area contributed by atoms with Crippen LogP contribution in [0.1, 0.15) is 59.3 Å². The van der Waals surface area contributed by atoms with Gasteiger partial charge in [-0.05, 0) is 19.3 Å². The van der Waals surface area contributed by atoms with Crippen LogP contribution in [-0.4, -0.2) is 17.5 Å². The average Bonchev–Trinajstić information content (AvgIpc) is 2.46. The molecule has 0 saturated heterocycles. The van der Waals surface area contributed by atoms with Crippen LogP contribution >= 0.6 is 0 Å². The van der Waals surface area contributed by atoms with Gasteiger partial charge < -0.3 is 11.5 Å². The van der Waals surface area contributed by atoms with Gasteiger partial charge >= 0.3 is 0 Å². The van der Waals surface area contributed by atoms with Gasteiger partial charge in [-0.15, -0.1) is 0 Å². The van der Waals surface area contributed by atoms with Gasteiger partial charge in [0.2, 0.25) is 0 Å². The number of carbonyl (C=O) groups is 3. The lowest BCUT2D eigenvalue weighted by molar-refractivity contribution is -0.132. The molecule has 1 atom stereocenters. The Morgan fingerprint density at radius 1 is 1.20 bits per heavy atom. The fourth-order valence-electron chi connectivity index (χ4n) is 2.26. The molecule has 1 aliphatic carbocycles. The van der Waals surface area contributed by atoms with Crippen molar-refractivity contribution in [3.8, 4) is 0 Å². The van der Waals surface area contributed by atoms with Gasteiger partial charge in [-0.3, -0.25) is 14.4 Å². The van der Waals surface area contributed by atoms with E-state index in [1.807, 2.05) is 20.8 Å². The normalized spacial score (nSPS) is 19.6. The minimum atomic E-state index is -0.796. The topological polar surface area (TPSA) is 103 Å². The Hall–Kier alpha value is -1.65. The first-order valence-corrected chi connectivity index (χ1v) is 7.34. The Morgan fingerprint density at radius 3 is 2.25 bits per heavy atom. The van der Waals surface area contributed by atoms with E-state index in [4.69, 9.17) is 11.5 Å². The number of rotatable bonds is 5. The number of Topliss-reactive ketones (excluding diaryl/α,β-unsaturated/α-hetero) is 2. The van der Waals surface area contributed by atoms with Gasteiger partial charge in [0.05, 0.1) is 5.92 Å². The van der Waals surface area contributed by atoms with Crippen LogP contribution in [0.3, 0.4) is 0 Å². The van der Waals surface area contributed by atoms with E-state index >= 15 is 0 Å². The lowest BCUT2D eigenvalue weighted by Gasteiger charge is -2.21. The fourth-order valence-corrected chi connectivity index (χ4v) is 2.26. The number of allylic oxidation sites excluding steroid dienone is 1. The third kappa shape index (κ3) is 4.79.